The molecule has 1 aliphatic heterocycles. The average molecular weight is 281 g/mol. The molecule has 4 nitrogen and oxygen atoms in total. The van der Waals surface area contributed by atoms with E-state index in [1.54, 1.807) is 0 Å². The van der Waals surface area contributed by atoms with Crippen molar-refractivity contribution < 1.29 is 4.79 Å². The van der Waals surface area contributed by atoms with Gasteiger partial charge < -0.3 is 10.2 Å². The van der Waals surface area contributed by atoms with Gasteiger partial charge in [-0.3, -0.25) is 4.90 Å². The molecule has 1 saturated heterocycles. The summed E-state index contributed by atoms with van der Waals surface area (Å²) in [6.45, 7) is 8.31. The first-order chi connectivity index (χ1) is 9.70. The van der Waals surface area contributed by atoms with Gasteiger partial charge in [0.1, 0.15) is 0 Å². The molecule has 2 amide bonds. The molecule has 0 radical (unpaired) electrons. The Labute approximate surface area is 123 Å². The van der Waals surface area contributed by atoms with Crippen LogP contribution in [0.2, 0.25) is 0 Å². The Balaban J connectivity index is 1.73. The molecule has 2 fully saturated rings. The lowest BCUT2D eigenvalue weighted by Crippen LogP contribution is -2.54. The molecular weight excluding hydrogens is 250 g/mol. The maximum absolute atomic E-state index is 12.3. The summed E-state index contributed by atoms with van der Waals surface area (Å²) in [6.07, 6.45) is 8.73. The highest BCUT2D eigenvalue weighted by atomic mass is 16.2. The Morgan fingerprint density at radius 2 is 1.70 bits per heavy atom. The average Bonchev–Trinajstić information content (AvgIpc) is 2.75. The molecule has 0 spiro atoms. The van der Waals surface area contributed by atoms with Crippen molar-refractivity contribution in [2.45, 2.75) is 70.9 Å². The van der Waals surface area contributed by atoms with Gasteiger partial charge in [0.05, 0.1) is 0 Å². The van der Waals surface area contributed by atoms with Gasteiger partial charge >= 0.3 is 6.03 Å². The molecule has 0 aromatic heterocycles. The van der Waals surface area contributed by atoms with Gasteiger partial charge in [0.25, 0.3) is 0 Å². The quantitative estimate of drug-likeness (QED) is 0.807. The summed E-state index contributed by atoms with van der Waals surface area (Å²) in [5.74, 6) is 0. The zero-order valence-electron chi connectivity index (χ0n) is 13.2. The third-order valence-electron chi connectivity index (χ3n) is 5.00. The number of piperazine rings is 1. The van der Waals surface area contributed by atoms with Crippen LogP contribution in [0.25, 0.3) is 0 Å². The van der Waals surface area contributed by atoms with Crippen LogP contribution in [0.4, 0.5) is 4.79 Å². The molecular formula is C16H31N3O. The van der Waals surface area contributed by atoms with Crippen molar-refractivity contribution in [3.05, 3.63) is 0 Å². The fraction of sp³-hybridized carbons (Fsp3) is 0.938. The molecule has 1 atom stereocenters. The minimum absolute atomic E-state index is 0.167. The first-order valence-corrected chi connectivity index (χ1v) is 8.50. The molecule has 1 saturated carbocycles. The van der Waals surface area contributed by atoms with Crippen LogP contribution in [-0.4, -0.2) is 54.1 Å². The molecule has 0 aromatic rings. The monoisotopic (exact) mass is 281 g/mol. The number of urea groups is 1. The number of carbonyl (C=O) groups is 1. The number of carbonyl (C=O) groups excluding carboxylic acids is 1. The molecule has 1 aliphatic carbocycles. The lowest BCUT2D eigenvalue weighted by atomic mass is 10.1. The van der Waals surface area contributed by atoms with Gasteiger partial charge in [0.15, 0.2) is 0 Å². The van der Waals surface area contributed by atoms with Crippen LogP contribution in [0.3, 0.4) is 0 Å². The van der Waals surface area contributed by atoms with Crippen LogP contribution in [0.15, 0.2) is 0 Å². The molecule has 2 rings (SSSR count). The summed E-state index contributed by atoms with van der Waals surface area (Å²) in [6, 6.07) is 1.22. The topological polar surface area (TPSA) is 35.6 Å². The predicted molar refractivity (Wildman–Crippen MR) is 82.9 cm³/mol. The summed E-state index contributed by atoms with van der Waals surface area (Å²) in [4.78, 5) is 16.8. The van der Waals surface area contributed by atoms with Crippen molar-refractivity contribution in [3.63, 3.8) is 0 Å². The third-order valence-corrected chi connectivity index (χ3v) is 5.00. The fourth-order valence-corrected chi connectivity index (χ4v) is 3.31. The molecule has 0 bridgehead atoms. The SMILES string of the molecule is CCC(C)N1CCN(C(=O)NC2CCCCCC2)CC1. The molecule has 2 aliphatic rings. The normalized spacial score (nSPS) is 24.2. The Hall–Kier alpha value is -0.770. The largest absolute Gasteiger partial charge is 0.335 e. The smallest absolute Gasteiger partial charge is 0.317 e. The lowest BCUT2D eigenvalue weighted by molar-refractivity contribution is 0.110. The fourth-order valence-electron chi connectivity index (χ4n) is 3.31. The summed E-state index contributed by atoms with van der Waals surface area (Å²) in [5.41, 5.74) is 0. The van der Waals surface area contributed by atoms with Crippen LogP contribution in [0.1, 0.15) is 58.8 Å². The van der Waals surface area contributed by atoms with Gasteiger partial charge in [-0.2, -0.15) is 0 Å². The van der Waals surface area contributed by atoms with E-state index in [0.717, 1.165) is 26.2 Å². The van der Waals surface area contributed by atoms with Gasteiger partial charge in [0, 0.05) is 38.3 Å². The van der Waals surface area contributed by atoms with E-state index in [4.69, 9.17) is 0 Å². The summed E-state index contributed by atoms with van der Waals surface area (Å²) < 4.78 is 0. The maximum Gasteiger partial charge on any atom is 0.317 e. The number of hydrogen-bond acceptors (Lipinski definition) is 2. The molecule has 116 valence electrons. The highest BCUT2D eigenvalue weighted by molar-refractivity contribution is 5.74. The van der Waals surface area contributed by atoms with Gasteiger partial charge in [-0.1, -0.05) is 32.6 Å². The van der Waals surface area contributed by atoms with E-state index in [1.165, 1.54) is 44.9 Å². The number of amides is 2. The second-order valence-electron chi connectivity index (χ2n) is 6.42. The molecule has 1 N–H and O–H groups in total. The zero-order chi connectivity index (χ0) is 14.4. The first kappa shape index (κ1) is 15.6. The minimum atomic E-state index is 0.167. The molecule has 20 heavy (non-hydrogen) atoms. The number of hydrogen-bond donors (Lipinski definition) is 1. The van der Waals surface area contributed by atoms with E-state index >= 15 is 0 Å². The Morgan fingerprint density at radius 3 is 2.25 bits per heavy atom. The van der Waals surface area contributed by atoms with E-state index in [2.05, 4.69) is 24.1 Å². The third kappa shape index (κ3) is 4.37. The van der Waals surface area contributed by atoms with Crippen molar-refractivity contribution in [1.82, 2.24) is 15.1 Å². The van der Waals surface area contributed by atoms with Crippen molar-refractivity contribution in [2.24, 2.45) is 0 Å². The first-order valence-electron chi connectivity index (χ1n) is 8.50. The molecule has 1 heterocycles. The van der Waals surface area contributed by atoms with Crippen molar-refractivity contribution >= 4 is 6.03 Å². The minimum Gasteiger partial charge on any atom is -0.335 e. The van der Waals surface area contributed by atoms with E-state index in [0.29, 0.717) is 12.1 Å². The van der Waals surface area contributed by atoms with Gasteiger partial charge in [-0.25, -0.2) is 4.79 Å². The van der Waals surface area contributed by atoms with E-state index in [9.17, 15) is 4.79 Å². The van der Waals surface area contributed by atoms with Gasteiger partial charge in [-0.15, -0.1) is 0 Å². The van der Waals surface area contributed by atoms with Crippen molar-refractivity contribution in [3.8, 4) is 0 Å². The summed E-state index contributed by atoms with van der Waals surface area (Å²) in [5, 5.41) is 3.26. The van der Waals surface area contributed by atoms with Crippen LogP contribution in [-0.2, 0) is 0 Å². The summed E-state index contributed by atoms with van der Waals surface area (Å²) >= 11 is 0. The highest BCUT2D eigenvalue weighted by Gasteiger charge is 2.24. The van der Waals surface area contributed by atoms with Crippen LogP contribution in [0.5, 0.6) is 0 Å². The van der Waals surface area contributed by atoms with Crippen molar-refractivity contribution in [1.29, 1.82) is 0 Å². The highest BCUT2D eigenvalue weighted by Crippen LogP contribution is 2.17. The maximum atomic E-state index is 12.3. The van der Waals surface area contributed by atoms with E-state index in [1.807, 2.05) is 4.90 Å². The standard InChI is InChI=1S/C16H31N3O/c1-3-14(2)18-10-12-19(13-11-18)16(20)17-15-8-6-4-5-7-9-15/h14-15H,3-13H2,1-2H3,(H,17,20). The van der Waals surface area contributed by atoms with Crippen LogP contribution < -0.4 is 5.32 Å². The van der Waals surface area contributed by atoms with Gasteiger partial charge in [0.2, 0.25) is 0 Å². The van der Waals surface area contributed by atoms with Crippen molar-refractivity contribution in [2.75, 3.05) is 26.2 Å². The zero-order valence-corrected chi connectivity index (χ0v) is 13.2. The van der Waals surface area contributed by atoms with E-state index < -0.39 is 0 Å². The second-order valence-corrected chi connectivity index (χ2v) is 6.42. The van der Waals surface area contributed by atoms with Crippen LogP contribution >= 0.6 is 0 Å². The van der Waals surface area contributed by atoms with Gasteiger partial charge in [-0.05, 0) is 26.2 Å². The number of nitrogens with zero attached hydrogens (tertiary/aromatic N) is 2. The summed E-state index contributed by atoms with van der Waals surface area (Å²) in [7, 11) is 0. The number of nitrogens with one attached hydrogen (secondary N) is 1. The Bertz CT molecular complexity index is 292. The Morgan fingerprint density at radius 1 is 1.10 bits per heavy atom. The van der Waals surface area contributed by atoms with E-state index in [-0.39, 0.29) is 6.03 Å². The Kier molecular flexibility index (Phi) is 6.14. The molecule has 0 aromatic carbocycles. The second kappa shape index (κ2) is 7.87. The van der Waals surface area contributed by atoms with Crippen LogP contribution in [0, 0.1) is 0 Å². The predicted octanol–water partition coefficient (Wildman–Crippen LogP) is 2.83. The lowest BCUT2D eigenvalue weighted by Gasteiger charge is -2.38. The number of rotatable bonds is 3. The molecule has 4 heteroatoms. The molecule has 1 unspecified atom stereocenters.